The summed E-state index contributed by atoms with van der Waals surface area (Å²) in [6.45, 7) is 0.0691. The first kappa shape index (κ1) is 31.6. The number of hydrogen-bond acceptors (Lipinski definition) is 5. The van der Waals surface area contributed by atoms with E-state index in [1.54, 1.807) is 0 Å². The minimum absolute atomic E-state index is 0.0691. The van der Waals surface area contributed by atoms with E-state index in [1.165, 1.54) is 19.3 Å². The van der Waals surface area contributed by atoms with E-state index in [9.17, 15) is 14.7 Å². The van der Waals surface area contributed by atoms with Crippen LogP contribution >= 0.6 is 7.37 Å². The SMILES string of the molecule is O=C(NC(Cc1ccccc1)P(=O)(CC(CCc1ccccc1)C(=O)O)OC12CC3CC(CC(C3)C1)C2)OCc1ccccc1. The third-order valence-electron chi connectivity index (χ3n) is 10.0. The second-order valence-electron chi connectivity index (χ2n) is 13.6. The number of nitrogens with one attached hydrogen (secondary N) is 1. The van der Waals surface area contributed by atoms with Gasteiger partial charge < -0.3 is 19.7 Å². The van der Waals surface area contributed by atoms with E-state index in [0.29, 0.717) is 30.6 Å². The number of aliphatic carboxylic acids is 1. The quantitative estimate of drug-likeness (QED) is 0.175. The topological polar surface area (TPSA) is 102 Å². The van der Waals surface area contributed by atoms with Crippen molar-refractivity contribution in [3.63, 3.8) is 0 Å². The standard InChI is InChI=1S/C37H44NO6P/c39-35(40)33(17-16-27-10-4-1-5-11-27)26-45(42,44-37-22-30-18-31(23-37)20-32(19-30)24-37)34(21-28-12-6-2-7-13-28)38-36(41)43-25-29-14-8-3-9-15-29/h1-15,30-34H,16-26H2,(H,38,41)(H,39,40). The van der Waals surface area contributed by atoms with Crippen LogP contribution in [0, 0.1) is 23.7 Å². The van der Waals surface area contributed by atoms with Gasteiger partial charge in [-0.15, -0.1) is 0 Å². The van der Waals surface area contributed by atoms with Crippen molar-refractivity contribution in [2.45, 2.75) is 75.8 Å². The molecule has 0 heterocycles. The van der Waals surface area contributed by atoms with Crippen LogP contribution in [0.25, 0.3) is 0 Å². The maximum absolute atomic E-state index is 15.6. The van der Waals surface area contributed by atoms with Gasteiger partial charge in [0.1, 0.15) is 12.4 Å². The summed E-state index contributed by atoms with van der Waals surface area (Å²) >= 11 is 0. The van der Waals surface area contributed by atoms with Gasteiger partial charge in [-0.25, -0.2) is 4.79 Å². The molecular weight excluding hydrogens is 585 g/mol. The number of carboxylic acid groups (broad SMARTS) is 1. The number of hydrogen-bond donors (Lipinski definition) is 2. The molecule has 4 fully saturated rings. The molecule has 8 heteroatoms. The number of rotatable bonds is 14. The van der Waals surface area contributed by atoms with E-state index in [2.05, 4.69) is 5.32 Å². The van der Waals surface area contributed by atoms with Gasteiger partial charge in [0.15, 0.2) is 0 Å². The van der Waals surface area contributed by atoms with Crippen molar-refractivity contribution in [3.05, 3.63) is 108 Å². The fraction of sp³-hybridized carbons (Fsp3) is 0.459. The van der Waals surface area contributed by atoms with Crippen molar-refractivity contribution >= 4 is 19.4 Å². The van der Waals surface area contributed by atoms with E-state index < -0.39 is 36.7 Å². The first-order valence-corrected chi connectivity index (χ1v) is 18.2. The van der Waals surface area contributed by atoms with Crippen LogP contribution in [0.3, 0.4) is 0 Å². The van der Waals surface area contributed by atoms with Crippen molar-refractivity contribution in [3.8, 4) is 0 Å². The van der Waals surface area contributed by atoms with Crippen LogP contribution < -0.4 is 5.32 Å². The number of carbonyl (C=O) groups is 2. The summed E-state index contributed by atoms with van der Waals surface area (Å²) in [5.41, 5.74) is 2.21. The zero-order valence-electron chi connectivity index (χ0n) is 25.8. The molecule has 3 aromatic carbocycles. The van der Waals surface area contributed by atoms with E-state index in [0.717, 1.165) is 36.0 Å². The zero-order chi connectivity index (χ0) is 31.3. The van der Waals surface area contributed by atoms with Crippen molar-refractivity contribution in [1.82, 2.24) is 5.32 Å². The Balaban J connectivity index is 1.30. The van der Waals surface area contributed by atoms with Gasteiger partial charge in [-0.2, -0.15) is 0 Å². The van der Waals surface area contributed by atoms with Crippen LogP contribution in [0.4, 0.5) is 4.79 Å². The molecule has 4 aliphatic carbocycles. The first-order valence-electron chi connectivity index (χ1n) is 16.3. The number of carboxylic acids is 1. The summed E-state index contributed by atoms with van der Waals surface area (Å²) in [5, 5.41) is 13.4. The lowest BCUT2D eigenvalue weighted by atomic mass is 9.54. The van der Waals surface area contributed by atoms with E-state index in [4.69, 9.17) is 9.26 Å². The van der Waals surface area contributed by atoms with Gasteiger partial charge >= 0.3 is 12.1 Å². The molecule has 45 heavy (non-hydrogen) atoms. The molecule has 0 aliphatic heterocycles. The van der Waals surface area contributed by atoms with E-state index >= 15 is 4.57 Å². The van der Waals surface area contributed by atoms with E-state index in [1.807, 2.05) is 91.0 Å². The minimum atomic E-state index is -3.82. The normalized spacial score (nSPS) is 26.0. The molecule has 7 nitrogen and oxygen atoms in total. The third kappa shape index (κ3) is 8.06. The van der Waals surface area contributed by atoms with Gasteiger partial charge in [-0.1, -0.05) is 91.0 Å². The van der Waals surface area contributed by atoms with Crippen LogP contribution in [0.1, 0.15) is 61.6 Å². The molecule has 0 radical (unpaired) electrons. The smallest absolute Gasteiger partial charge is 0.408 e. The highest BCUT2D eigenvalue weighted by atomic mass is 31.2. The molecule has 0 spiro atoms. The molecule has 4 saturated carbocycles. The summed E-state index contributed by atoms with van der Waals surface area (Å²) in [7, 11) is -3.82. The number of benzene rings is 3. The van der Waals surface area contributed by atoms with Gasteiger partial charge in [0, 0.05) is 12.6 Å². The fourth-order valence-electron chi connectivity index (χ4n) is 8.31. The molecule has 3 aromatic rings. The van der Waals surface area contributed by atoms with Crippen molar-refractivity contribution in [2.24, 2.45) is 23.7 Å². The number of carbonyl (C=O) groups excluding carboxylic acids is 1. The summed E-state index contributed by atoms with van der Waals surface area (Å²) in [5.74, 6) is -1.18. The van der Waals surface area contributed by atoms with Crippen molar-refractivity contribution in [1.29, 1.82) is 0 Å². The zero-order valence-corrected chi connectivity index (χ0v) is 26.7. The first-order chi connectivity index (χ1) is 21.8. The Morgan fingerprint density at radius 1 is 0.800 bits per heavy atom. The largest absolute Gasteiger partial charge is 0.481 e. The van der Waals surface area contributed by atoms with Crippen LogP contribution in [-0.2, 0) is 38.1 Å². The molecule has 0 aromatic heterocycles. The summed E-state index contributed by atoms with van der Waals surface area (Å²) in [6, 6.07) is 28.8. The van der Waals surface area contributed by atoms with Gasteiger partial charge in [0.25, 0.3) is 0 Å². The Morgan fingerprint density at radius 2 is 1.31 bits per heavy atom. The predicted octanol–water partition coefficient (Wildman–Crippen LogP) is 8.08. The maximum Gasteiger partial charge on any atom is 0.408 e. The number of alkyl carbamates (subject to hydrolysis) is 1. The lowest BCUT2D eigenvalue weighted by Gasteiger charge is -2.57. The lowest BCUT2D eigenvalue weighted by Crippen LogP contribution is -2.52. The molecule has 7 rings (SSSR count). The molecule has 3 atom stereocenters. The fourth-order valence-corrected chi connectivity index (χ4v) is 11.4. The minimum Gasteiger partial charge on any atom is -0.481 e. The molecule has 1 amide bonds. The van der Waals surface area contributed by atoms with Crippen LogP contribution in [-0.4, -0.2) is 34.7 Å². The van der Waals surface area contributed by atoms with Gasteiger partial charge in [0.05, 0.1) is 11.5 Å². The van der Waals surface area contributed by atoms with Gasteiger partial charge in [-0.05, 0) is 85.8 Å². The molecule has 0 saturated heterocycles. The monoisotopic (exact) mass is 629 g/mol. The number of amides is 1. The number of aryl methyl sites for hydroxylation is 1. The Bertz CT molecular complexity index is 1450. The molecule has 238 valence electrons. The lowest BCUT2D eigenvalue weighted by molar-refractivity contribution is -0.141. The molecule has 4 bridgehead atoms. The summed E-state index contributed by atoms with van der Waals surface area (Å²) in [6.07, 6.45) is 6.41. The Hall–Kier alpha value is -3.41. The number of ether oxygens (including phenoxy) is 1. The average molecular weight is 630 g/mol. The highest BCUT2D eigenvalue weighted by molar-refractivity contribution is 7.59. The highest BCUT2D eigenvalue weighted by Crippen LogP contribution is 2.65. The van der Waals surface area contributed by atoms with Gasteiger partial charge in [-0.3, -0.25) is 9.36 Å². The Morgan fingerprint density at radius 3 is 1.84 bits per heavy atom. The molecular formula is C37H44NO6P. The third-order valence-corrected chi connectivity index (χ3v) is 12.9. The van der Waals surface area contributed by atoms with E-state index in [-0.39, 0.29) is 19.2 Å². The second-order valence-corrected chi connectivity index (χ2v) is 16.2. The Kier molecular flexibility index (Phi) is 9.77. The molecule has 2 N–H and O–H groups in total. The van der Waals surface area contributed by atoms with Crippen LogP contribution in [0.5, 0.6) is 0 Å². The Labute approximate surface area is 266 Å². The van der Waals surface area contributed by atoms with Crippen LogP contribution in [0.2, 0.25) is 0 Å². The maximum atomic E-state index is 15.6. The van der Waals surface area contributed by atoms with Crippen LogP contribution in [0.15, 0.2) is 91.0 Å². The van der Waals surface area contributed by atoms with Crippen molar-refractivity contribution in [2.75, 3.05) is 6.16 Å². The predicted molar refractivity (Wildman–Crippen MR) is 174 cm³/mol. The van der Waals surface area contributed by atoms with Crippen molar-refractivity contribution < 1.29 is 28.5 Å². The second kappa shape index (κ2) is 13.9. The molecule has 4 aliphatic rings. The highest BCUT2D eigenvalue weighted by Gasteiger charge is 2.55. The van der Waals surface area contributed by atoms with Gasteiger partial charge in [0.2, 0.25) is 7.37 Å². The summed E-state index contributed by atoms with van der Waals surface area (Å²) < 4.78 is 28.2. The average Bonchev–Trinajstić information content (AvgIpc) is 3.02. The molecule has 3 unspecified atom stereocenters. The summed E-state index contributed by atoms with van der Waals surface area (Å²) in [4.78, 5) is 26.1.